The molecule has 5 heteroatoms. The maximum absolute atomic E-state index is 12.5. The van der Waals surface area contributed by atoms with Gasteiger partial charge in [0.15, 0.2) is 0 Å². The van der Waals surface area contributed by atoms with Crippen LogP contribution in [0.2, 0.25) is 0 Å². The van der Waals surface area contributed by atoms with Gasteiger partial charge in [-0.05, 0) is 42.2 Å². The Labute approximate surface area is 109 Å². The Morgan fingerprint density at radius 1 is 1.17 bits per heavy atom. The van der Waals surface area contributed by atoms with Crippen molar-refractivity contribution in [3.05, 3.63) is 29.8 Å². The Balaban J connectivity index is 2.20. The molecule has 0 aliphatic heterocycles. The van der Waals surface area contributed by atoms with Crippen molar-refractivity contribution >= 4 is 11.8 Å². The van der Waals surface area contributed by atoms with Crippen molar-refractivity contribution < 1.29 is 13.2 Å². The first-order valence-electron chi connectivity index (χ1n) is 6.07. The lowest BCUT2D eigenvalue weighted by atomic mass is 9.92. The molecule has 1 nitrogen and oxygen atoms in total. The first-order valence-corrected chi connectivity index (χ1v) is 6.89. The Morgan fingerprint density at radius 3 is 2.39 bits per heavy atom. The molecule has 0 bridgehead atoms. The van der Waals surface area contributed by atoms with E-state index in [2.05, 4.69) is 0 Å². The summed E-state index contributed by atoms with van der Waals surface area (Å²) >= 11 is -0.0655. The number of halogens is 3. The molecule has 1 aromatic carbocycles. The molecule has 2 N–H and O–H groups in total. The van der Waals surface area contributed by atoms with Crippen molar-refractivity contribution in [1.82, 2.24) is 0 Å². The normalized spacial score (nSPS) is 19.1. The van der Waals surface area contributed by atoms with E-state index in [1.165, 1.54) is 6.07 Å². The number of benzene rings is 1. The maximum Gasteiger partial charge on any atom is 0.446 e. The highest BCUT2D eigenvalue weighted by molar-refractivity contribution is 8.00. The van der Waals surface area contributed by atoms with Gasteiger partial charge in [0, 0.05) is 10.9 Å². The minimum atomic E-state index is -4.26. The van der Waals surface area contributed by atoms with Crippen LogP contribution < -0.4 is 5.73 Å². The first kappa shape index (κ1) is 13.7. The Bertz CT molecular complexity index is 399. The monoisotopic (exact) mass is 275 g/mol. The second kappa shape index (κ2) is 5.53. The van der Waals surface area contributed by atoms with E-state index in [1.807, 2.05) is 0 Å². The van der Waals surface area contributed by atoms with Crippen LogP contribution in [0.5, 0.6) is 0 Å². The highest BCUT2D eigenvalue weighted by Crippen LogP contribution is 2.42. The van der Waals surface area contributed by atoms with Crippen molar-refractivity contribution in [2.75, 3.05) is 0 Å². The molecule has 1 aromatic rings. The molecule has 0 radical (unpaired) electrons. The molecule has 1 atom stereocenters. The number of nitrogens with two attached hydrogens (primary N) is 1. The second-order valence-corrected chi connectivity index (χ2v) is 5.76. The van der Waals surface area contributed by atoms with Gasteiger partial charge < -0.3 is 5.73 Å². The maximum atomic E-state index is 12.5. The zero-order chi connectivity index (χ0) is 13.2. The highest BCUT2D eigenvalue weighted by atomic mass is 32.2. The van der Waals surface area contributed by atoms with Crippen LogP contribution >= 0.6 is 11.8 Å². The summed E-state index contributed by atoms with van der Waals surface area (Å²) in [5.41, 5.74) is 2.51. The molecule has 0 amide bonds. The van der Waals surface area contributed by atoms with E-state index in [1.54, 1.807) is 18.2 Å². The van der Waals surface area contributed by atoms with E-state index in [4.69, 9.17) is 5.73 Å². The molecule has 18 heavy (non-hydrogen) atoms. The van der Waals surface area contributed by atoms with Crippen molar-refractivity contribution in [2.45, 2.75) is 42.1 Å². The average Bonchev–Trinajstić information content (AvgIpc) is 2.80. The zero-order valence-electron chi connectivity index (χ0n) is 9.91. The van der Waals surface area contributed by atoms with Crippen molar-refractivity contribution in [3.8, 4) is 0 Å². The van der Waals surface area contributed by atoms with Crippen LogP contribution in [0.25, 0.3) is 0 Å². The van der Waals surface area contributed by atoms with Gasteiger partial charge in [-0.15, -0.1) is 0 Å². The lowest BCUT2D eigenvalue weighted by Crippen LogP contribution is -2.20. The summed E-state index contributed by atoms with van der Waals surface area (Å²) in [6.07, 6.45) is 4.30. The summed E-state index contributed by atoms with van der Waals surface area (Å²) in [7, 11) is 0. The van der Waals surface area contributed by atoms with Gasteiger partial charge in [0.2, 0.25) is 0 Å². The van der Waals surface area contributed by atoms with Gasteiger partial charge in [0.1, 0.15) is 0 Å². The summed E-state index contributed by atoms with van der Waals surface area (Å²) in [6.45, 7) is 0. The standard InChI is InChI=1S/C13H16F3NS/c14-13(15,16)18-11-8-4-3-7-10(11)12(17)9-5-1-2-6-9/h3-4,7-9,12H,1-2,5-6,17H2/t12-/m1/s1. The van der Waals surface area contributed by atoms with E-state index in [0.29, 0.717) is 11.5 Å². The first-order chi connectivity index (χ1) is 8.47. The molecule has 100 valence electrons. The summed E-state index contributed by atoms with van der Waals surface area (Å²) < 4.78 is 37.5. The molecule has 0 aromatic heterocycles. The fourth-order valence-electron chi connectivity index (χ4n) is 2.54. The third kappa shape index (κ3) is 3.42. The summed E-state index contributed by atoms with van der Waals surface area (Å²) in [5, 5.41) is 0. The van der Waals surface area contributed by atoms with Gasteiger partial charge in [-0.25, -0.2) is 0 Å². The molecule has 1 fully saturated rings. The van der Waals surface area contributed by atoms with Crippen LogP contribution in [0.3, 0.4) is 0 Å². The number of hydrogen-bond donors (Lipinski definition) is 1. The van der Waals surface area contributed by atoms with Crippen molar-refractivity contribution in [3.63, 3.8) is 0 Å². The average molecular weight is 275 g/mol. The molecule has 2 rings (SSSR count). The van der Waals surface area contributed by atoms with E-state index in [0.717, 1.165) is 25.7 Å². The smallest absolute Gasteiger partial charge is 0.324 e. The van der Waals surface area contributed by atoms with Gasteiger partial charge in [-0.1, -0.05) is 31.0 Å². The van der Waals surface area contributed by atoms with E-state index in [9.17, 15) is 13.2 Å². The van der Waals surface area contributed by atoms with Crippen LogP contribution in [0.15, 0.2) is 29.2 Å². The molecule has 0 unspecified atom stereocenters. The fraction of sp³-hybridized carbons (Fsp3) is 0.538. The van der Waals surface area contributed by atoms with Gasteiger partial charge in [0.25, 0.3) is 0 Å². The van der Waals surface area contributed by atoms with Gasteiger partial charge >= 0.3 is 5.51 Å². The zero-order valence-corrected chi connectivity index (χ0v) is 10.7. The van der Waals surface area contributed by atoms with Gasteiger partial charge in [0.05, 0.1) is 0 Å². The Morgan fingerprint density at radius 2 is 1.78 bits per heavy atom. The Hall–Kier alpha value is -0.680. The second-order valence-electron chi connectivity index (χ2n) is 4.66. The van der Waals surface area contributed by atoms with Crippen molar-refractivity contribution in [2.24, 2.45) is 11.7 Å². The lowest BCUT2D eigenvalue weighted by molar-refractivity contribution is -0.0328. The van der Waals surface area contributed by atoms with Crippen LogP contribution in [-0.4, -0.2) is 5.51 Å². The SMILES string of the molecule is N[C@@H](c1ccccc1SC(F)(F)F)C1CCCC1. The minimum absolute atomic E-state index is 0.0655. The van der Waals surface area contributed by atoms with Crippen LogP contribution in [0.1, 0.15) is 37.3 Å². The third-order valence-electron chi connectivity index (χ3n) is 3.41. The summed E-state index contributed by atoms with van der Waals surface area (Å²) in [5.74, 6) is 0.319. The predicted octanol–water partition coefficient (Wildman–Crippen LogP) is 4.49. The summed E-state index contributed by atoms with van der Waals surface area (Å²) in [4.78, 5) is 0.240. The van der Waals surface area contributed by atoms with E-state index in [-0.39, 0.29) is 22.7 Å². The molecular formula is C13H16F3NS. The molecular weight excluding hydrogens is 259 g/mol. The lowest BCUT2D eigenvalue weighted by Gasteiger charge is -2.22. The Kier molecular flexibility index (Phi) is 4.22. The molecule has 1 aliphatic carbocycles. The van der Waals surface area contributed by atoms with Crippen LogP contribution in [0.4, 0.5) is 13.2 Å². The van der Waals surface area contributed by atoms with Crippen molar-refractivity contribution in [1.29, 1.82) is 0 Å². The van der Waals surface area contributed by atoms with Gasteiger partial charge in [-0.3, -0.25) is 0 Å². The largest absolute Gasteiger partial charge is 0.446 e. The van der Waals surface area contributed by atoms with E-state index >= 15 is 0 Å². The van der Waals surface area contributed by atoms with Crippen LogP contribution in [-0.2, 0) is 0 Å². The van der Waals surface area contributed by atoms with Crippen LogP contribution in [0, 0.1) is 5.92 Å². The molecule has 1 saturated carbocycles. The predicted molar refractivity (Wildman–Crippen MR) is 67.2 cm³/mol. The molecule has 0 saturated heterocycles. The number of rotatable bonds is 3. The molecule has 0 heterocycles. The quantitative estimate of drug-likeness (QED) is 0.823. The summed E-state index contributed by atoms with van der Waals surface area (Å²) in [6, 6.07) is 6.32. The number of hydrogen-bond acceptors (Lipinski definition) is 2. The number of thioether (sulfide) groups is 1. The fourth-order valence-corrected chi connectivity index (χ4v) is 3.26. The molecule has 1 aliphatic rings. The number of alkyl halides is 3. The van der Waals surface area contributed by atoms with E-state index < -0.39 is 5.51 Å². The van der Waals surface area contributed by atoms with Gasteiger partial charge in [-0.2, -0.15) is 13.2 Å². The third-order valence-corrected chi connectivity index (χ3v) is 4.23. The highest BCUT2D eigenvalue weighted by Gasteiger charge is 2.32. The molecule has 0 spiro atoms. The topological polar surface area (TPSA) is 26.0 Å². The minimum Gasteiger partial charge on any atom is -0.324 e.